The Labute approximate surface area is 95.1 Å². The molecule has 0 radical (unpaired) electrons. The number of rotatable bonds is 2. The lowest BCUT2D eigenvalue weighted by Gasteiger charge is -2.29. The summed E-state index contributed by atoms with van der Waals surface area (Å²) in [4.78, 5) is 22.6. The Morgan fingerprint density at radius 2 is 2.00 bits per heavy atom. The molecule has 0 aromatic carbocycles. The van der Waals surface area contributed by atoms with E-state index < -0.39 is 42.7 Å². The molecule has 0 aromatic heterocycles. The Bertz CT molecular complexity index is 320. The van der Waals surface area contributed by atoms with Gasteiger partial charge in [-0.15, -0.1) is 0 Å². The molecule has 0 spiro atoms. The van der Waals surface area contributed by atoms with Crippen molar-refractivity contribution in [2.24, 2.45) is 0 Å². The maximum atomic E-state index is 12.8. The molecule has 0 aliphatic carbocycles. The average Bonchev–Trinajstić information content (AvgIpc) is 2.57. The first-order chi connectivity index (χ1) is 7.64. The molecule has 17 heavy (non-hydrogen) atoms. The van der Waals surface area contributed by atoms with Crippen molar-refractivity contribution < 1.29 is 32.6 Å². The van der Waals surface area contributed by atoms with Crippen LogP contribution in [0.15, 0.2) is 0 Å². The number of alkyl halides is 3. The van der Waals surface area contributed by atoms with E-state index >= 15 is 0 Å². The maximum absolute atomic E-state index is 12.8. The quantitative estimate of drug-likeness (QED) is 0.786. The van der Waals surface area contributed by atoms with Crippen molar-refractivity contribution in [2.45, 2.75) is 31.2 Å². The highest BCUT2D eigenvalue weighted by molar-refractivity contribution is 5.83. The molecular weight excluding hydrogens is 243 g/mol. The molecule has 0 unspecified atom stereocenters. The molecule has 1 saturated heterocycles. The van der Waals surface area contributed by atoms with Crippen molar-refractivity contribution in [3.8, 4) is 0 Å². The molecule has 98 valence electrons. The minimum Gasteiger partial charge on any atom is -0.480 e. The van der Waals surface area contributed by atoms with E-state index in [4.69, 9.17) is 5.11 Å². The highest BCUT2D eigenvalue weighted by atomic mass is 19.4. The standard InChI is InChI=1S/C9H12F3NO4/c1-5(14)13-4-8(17-2,9(10,11)12)3-6(13)7(15)16/h6H,3-4H2,1-2H3,(H,15,16)/t6-,8-/m0/s1. The molecule has 1 amide bonds. The van der Waals surface area contributed by atoms with Gasteiger partial charge in [0.25, 0.3) is 0 Å². The summed E-state index contributed by atoms with van der Waals surface area (Å²) in [6, 6.07) is -1.51. The normalized spacial score (nSPS) is 29.5. The van der Waals surface area contributed by atoms with Crippen molar-refractivity contribution in [3.05, 3.63) is 0 Å². The molecule has 2 atom stereocenters. The van der Waals surface area contributed by atoms with Gasteiger partial charge in [0.15, 0.2) is 5.60 Å². The number of carboxylic acids is 1. The first-order valence-electron chi connectivity index (χ1n) is 4.76. The summed E-state index contributed by atoms with van der Waals surface area (Å²) in [5.41, 5.74) is -2.60. The fourth-order valence-electron chi connectivity index (χ4n) is 1.89. The Morgan fingerprint density at radius 1 is 1.47 bits per heavy atom. The minimum absolute atomic E-state index is 0.666. The fourth-order valence-corrected chi connectivity index (χ4v) is 1.89. The van der Waals surface area contributed by atoms with Gasteiger partial charge in [-0.3, -0.25) is 4.79 Å². The first kappa shape index (κ1) is 13.8. The monoisotopic (exact) mass is 255 g/mol. The lowest BCUT2D eigenvalue weighted by molar-refractivity contribution is -0.263. The Kier molecular flexibility index (Phi) is 3.37. The third-order valence-electron chi connectivity index (χ3n) is 2.92. The summed E-state index contributed by atoms with van der Waals surface area (Å²) in [6.07, 6.45) is -5.51. The summed E-state index contributed by atoms with van der Waals surface area (Å²) < 4.78 is 42.9. The first-order valence-corrected chi connectivity index (χ1v) is 4.76. The van der Waals surface area contributed by atoms with E-state index in [9.17, 15) is 22.8 Å². The van der Waals surface area contributed by atoms with Gasteiger partial charge >= 0.3 is 12.1 Å². The van der Waals surface area contributed by atoms with Gasteiger partial charge in [-0.25, -0.2) is 4.79 Å². The third kappa shape index (κ3) is 2.21. The highest BCUT2D eigenvalue weighted by Gasteiger charge is 2.63. The SMILES string of the molecule is CO[C@@]1(C(F)(F)F)C[C@@H](C(=O)O)N(C(C)=O)C1. The van der Waals surface area contributed by atoms with Gasteiger partial charge in [0.2, 0.25) is 5.91 Å². The Balaban J connectivity index is 3.09. The summed E-state index contributed by atoms with van der Waals surface area (Å²) in [6.45, 7) is 0.233. The van der Waals surface area contributed by atoms with Crippen LogP contribution < -0.4 is 0 Å². The topological polar surface area (TPSA) is 66.8 Å². The van der Waals surface area contributed by atoms with Crippen LogP contribution in [0.4, 0.5) is 13.2 Å². The predicted molar refractivity (Wildman–Crippen MR) is 49.2 cm³/mol. The molecule has 1 N–H and O–H groups in total. The minimum atomic E-state index is -4.72. The molecule has 1 aliphatic heterocycles. The van der Waals surface area contributed by atoms with Crippen LogP contribution in [0, 0.1) is 0 Å². The Hall–Kier alpha value is -1.31. The zero-order chi connectivity index (χ0) is 13.4. The molecule has 0 aromatic rings. The van der Waals surface area contributed by atoms with Crippen molar-refractivity contribution >= 4 is 11.9 Å². The molecular formula is C9H12F3NO4. The van der Waals surface area contributed by atoms with Crippen molar-refractivity contribution in [1.29, 1.82) is 0 Å². The summed E-state index contributed by atoms with van der Waals surface area (Å²) in [7, 11) is 0.857. The number of hydrogen-bond donors (Lipinski definition) is 1. The number of amides is 1. The number of halogens is 3. The van der Waals surface area contributed by atoms with Crippen LogP contribution in [0.5, 0.6) is 0 Å². The third-order valence-corrected chi connectivity index (χ3v) is 2.92. The van der Waals surface area contributed by atoms with Crippen LogP contribution >= 0.6 is 0 Å². The highest BCUT2D eigenvalue weighted by Crippen LogP contribution is 2.42. The van der Waals surface area contributed by atoms with Gasteiger partial charge in [-0.1, -0.05) is 0 Å². The second kappa shape index (κ2) is 4.17. The molecule has 0 bridgehead atoms. The zero-order valence-corrected chi connectivity index (χ0v) is 9.24. The summed E-state index contributed by atoms with van der Waals surface area (Å²) >= 11 is 0. The number of carboxylic acid groups (broad SMARTS) is 1. The van der Waals surface area contributed by atoms with Gasteiger partial charge in [-0.05, 0) is 0 Å². The smallest absolute Gasteiger partial charge is 0.419 e. The molecule has 1 heterocycles. The second-order valence-electron chi connectivity index (χ2n) is 3.90. The number of carbonyl (C=O) groups is 2. The summed E-state index contributed by atoms with van der Waals surface area (Å²) in [5.74, 6) is -2.19. The van der Waals surface area contributed by atoms with E-state index in [0.717, 1.165) is 14.0 Å². The molecule has 0 saturated carbocycles. The van der Waals surface area contributed by atoms with Crippen molar-refractivity contribution in [3.63, 3.8) is 0 Å². The predicted octanol–water partition coefficient (Wildman–Crippen LogP) is 0.639. The lowest BCUT2D eigenvalue weighted by Crippen LogP contribution is -2.49. The van der Waals surface area contributed by atoms with Crippen LogP contribution in [-0.4, -0.2) is 53.4 Å². The van der Waals surface area contributed by atoms with E-state index in [1.807, 2.05) is 0 Å². The molecule has 1 rings (SSSR count). The van der Waals surface area contributed by atoms with Gasteiger partial charge in [0.05, 0.1) is 6.54 Å². The number of nitrogens with zero attached hydrogens (tertiary/aromatic N) is 1. The van der Waals surface area contributed by atoms with Crippen molar-refractivity contribution in [2.75, 3.05) is 13.7 Å². The average molecular weight is 255 g/mol. The number of methoxy groups -OCH3 is 1. The van der Waals surface area contributed by atoms with E-state index in [1.54, 1.807) is 0 Å². The zero-order valence-electron chi connectivity index (χ0n) is 9.24. The lowest BCUT2D eigenvalue weighted by atomic mass is 9.99. The summed E-state index contributed by atoms with van der Waals surface area (Å²) in [5, 5.41) is 8.81. The number of carbonyl (C=O) groups excluding carboxylic acids is 1. The van der Waals surface area contributed by atoms with E-state index in [2.05, 4.69) is 4.74 Å². The van der Waals surface area contributed by atoms with Crippen LogP contribution in [0.3, 0.4) is 0 Å². The number of hydrogen-bond acceptors (Lipinski definition) is 3. The van der Waals surface area contributed by atoms with E-state index in [1.165, 1.54) is 0 Å². The molecule has 1 fully saturated rings. The van der Waals surface area contributed by atoms with Crippen LogP contribution in [0.25, 0.3) is 0 Å². The van der Waals surface area contributed by atoms with Gasteiger partial charge in [0, 0.05) is 20.5 Å². The largest absolute Gasteiger partial charge is 0.480 e. The molecule has 1 aliphatic rings. The van der Waals surface area contributed by atoms with E-state index in [-0.39, 0.29) is 0 Å². The van der Waals surface area contributed by atoms with Gasteiger partial charge < -0.3 is 14.7 Å². The molecule has 8 heteroatoms. The van der Waals surface area contributed by atoms with E-state index in [0.29, 0.717) is 4.90 Å². The Morgan fingerprint density at radius 3 is 2.24 bits per heavy atom. The van der Waals surface area contributed by atoms with Gasteiger partial charge in [-0.2, -0.15) is 13.2 Å². The number of aliphatic carboxylic acids is 1. The second-order valence-corrected chi connectivity index (χ2v) is 3.90. The number of likely N-dealkylation sites (tertiary alicyclic amines) is 1. The number of ether oxygens (including phenoxy) is 1. The van der Waals surface area contributed by atoms with Crippen LogP contribution in [-0.2, 0) is 14.3 Å². The fraction of sp³-hybridized carbons (Fsp3) is 0.778. The van der Waals surface area contributed by atoms with Crippen LogP contribution in [0.1, 0.15) is 13.3 Å². The van der Waals surface area contributed by atoms with Gasteiger partial charge in [0.1, 0.15) is 6.04 Å². The van der Waals surface area contributed by atoms with Crippen molar-refractivity contribution in [1.82, 2.24) is 4.90 Å². The molecule has 5 nitrogen and oxygen atoms in total. The maximum Gasteiger partial charge on any atom is 0.419 e. The van der Waals surface area contributed by atoms with Crippen LogP contribution in [0.2, 0.25) is 0 Å².